The minimum absolute atomic E-state index is 0.0762. The van der Waals surface area contributed by atoms with Crippen molar-refractivity contribution < 1.29 is 19.3 Å². The fraction of sp³-hybridized carbons (Fsp3) is 0.647. The molecular weight excluding hydrogens is 356 g/mol. The van der Waals surface area contributed by atoms with Gasteiger partial charge in [0.15, 0.2) is 6.29 Å². The third-order valence-electron chi connectivity index (χ3n) is 3.73. The molecule has 1 aromatic carbocycles. The first-order valence-corrected chi connectivity index (χ1v) is 8.96. The summed E-state index contributed by atoms with van der Waals surface area (Å²) >= 11 is 0. The molecule has 0 fully saturated rings. The van der Waals surface area contributed by atoms with Gasteiger partial charge in [-0.2, -0.15) is 0 Å². The van der Waals surface area contributed by atoms with Crippen LogP contribution in [-0.4, -0.2) is 48.5 Å². The molecule has 0 aromatic heterocycles. The maximum absolute atomic E-state index is 11.6. The Hall–Kier alpha value is -2.46. The molecule has 27 heavy (non-hydrogen) atoms. The van der Waals surface area contributed by atoms with Crippen LogP contribution in [0.15, 0.2) is 12.1 Å². The molecular formula is C17H28N4O6. The Bertz CT molecular complexity index is 647. The van der Waals surface area contributed by atoms with Crippen LogP contribution >= 0.6 is 0 Å². The molecule has 1 rings (SSSR count). The molecule has 0 aliphatic rings. The van der Waals surface area contributed by atoms with Gasteiger partial charge in [-0.15, -0.1) is 0 Å². The van der Waals surface area contributed by atoms with E-state index in [1.54, 1.807) is 4.90 Å². The second-order valence-electron chi connectivity index (χ2n) is 6.05. The summed E-state index contributed by atoms with van der Waals surface area (Å²) in [5, 5.41) is 25.9. The molecule has 1 N–H and O–H groups in total. The summed E-state index contributed by atoms with van der Waals surface area (Å²) in [6.45, 7) is 10.8. The first-order valence-electron chi connectivity index (χ1n) is 8.96. The lowest BCUT2D eigenvalue weighted by molar-refractivity contribution is -0.393. The summed E-state index contributed by atoms with van der Waals surface area (Å²) in [5.41, 5.74) is -0.148. The molecule has 0 aliphatic heterocycles. The van der Waals surface area contributed by atoms with Crippen molar-refractivity contribution in [3.8, 4) is 0 Å². The Balaban J connectivity index is 3.42. The van der Waals surface area contributed by atoms with E-state index in [9.17, 15) is 20.2 Å². The molecule has 0 heterocycles. The zero-order valence-corrected chi connectivity index (χ0v) is 16.4. The van der Waals surface area contributed by atoms with Crippen LogP contribution in [0.5, 0.6) is 0 Å². The first-order chi connectivity index (χ1) is 12.7. The number of ether oxygens (including phenoxy) is 2. The van der Waals surface area contributed by atoms with Crippen LogP contribution in [0.3, 0.4) is 0 Å². The van der Waals surface area contributed by atoms with Crippen molar-refractivity contribution in [3.63, 3.8) is 0 Å². The number of nitro benzene ring substituents is 2. The average molecular weight is 384 g/mol. The van der Waals surface area contributed by atoms with Gasteiger partial charge in [-0.05, 0) is 40.7 Å². The van der Waals surface area contributed by atoms with Crippen LogP contribution in [0.1, 0.15) is 34.6 Å². The Labute approximate surface area is 158 Å². The third-order valence-corrected chi connectivity index (χ3v) is 3.73. The SMILES string of the molecule is CCOC(CN(CC)c1cc(NC(C)C)c([N+](=O)[O-])cc1[N+](=O)[O-])OCC. The molecule has 10 heteroatoms. The smallest absolute Gasteiger partial charge is 0.299 e. The van der Waals surface area contributed by atoms with Gasteiger partial charge in [0, 0.05) is 25.8 Å². The summed E-state index contributed by atoms with van der Waals surface area (Å²) in [6, 6.07) is 2.38. The van der Waals surface area contributed by atoms with Gasteiger partial charge in [-0.1, -0.05) is 0 Å². The highest BCUT2D eigenvalue weighted by Crippen LogP contribution is 2.38. The minimum Gasteiger partial charge on any atom is -0.377 e. The number of rotatable bonds is 12. The number of hydrogen-bond donors (Lipinski definition) is 1. The summed E-state index contributed by atoms with van der Waals surface area (Å²) in [6.07, 6.45) is -0.559. The quantitative estimate of drug-likeness (QED) is 0.330. The fourth-order valence-corrected chi connectivity index (χ4v) is 2.65. The Morgan fingerprint density at radius 3 is 2.00 bits per heavy atom. The van der Waals surface area contributed by atoms with Crippen LogP contribution in [0.4, 0.5) is 22.7 Å². The zero-order chi connectivity index (χ0) is 20.6. The summed E-state index contributed by atoms with van der Waals surface area (Å²) in [7, 11) is 0. The topological polar surface area (TPSA) is 120 Å². The van der Waals surface area contributed by atoms with Crippen molar-refractivity contribution in [2.45, 2.75) is 47.0 Å². The van der Waals surface area contributed by atoms with Crippen LogP contribution in [0, 0.1) is 20.2 Å². The van der Waals surface area contributed by atoms with E-state index < -0.39 is 16.1 Å². The number of hydrogen-bond acceptors (Lipinski definition) is 8. The predicted molar refractivity (Wildman–Crippen MR) is 103 cm³/mol. The van der Waals surface area contributed by atoms with E-state index in [2.05, 4.69) is 5.32 Å². The van der Waals surface area contributed by atoms with Gasteiger partial charge in [0.1, 0.15) is 11.4 Å². The van der Waals surface area contributed by atoms with Gasteiger partial charge in [-0.3, -0.25) is 20.2 Å². The highest BCUT2D eigenvalue weighted by Gasteiger charge is 2.28. The van der Waals surface area contributed by atoms with E-state index >= 15 is 0 Å². The first kappa shape index (κ1) is 22.6. The molecule has 0 spiro atoms. The highest BCUT2D eigenvalue weighted by atomic mass is 16.7. The number of nitrogens with one attached hydrogen (secondary N) is 1. The van der Waals surface area contributed by atoms with Crippen molar-refractivity contribution in [3.05, 3.63) is 32.4 Å². The number of likely N-dealkylation sites (N-methyl/N-ethyl adjacent to an activating group) is 1. The van der Waals surface area contributed by atoms with E-state index in [1.807, 2.05) is 34.6 Å². The maximum Gasteiger partial charge on any atom is 0.299 e. The number of anilines is 2. The van der Waals surface area contributed by atoms with E-state index in [-0.39, 0.29) is 35.3 Å². The fourth-order valence-electron chi connectivity index (χ4n) is 2.65. The van der Waals surface area contributed by atoms with Crippen molar-refractivity contribution in [2.24, 2.45) is 0 Å². The Morgan fingerprint density at radius 2 is 1.59 bits per heavy atom. The van der Waals surface area contributed by atoms with E-state index in [4.69, 9.17) is 9.47 Å². The second kappa shape index (κ2) is 10.6. The van der Waals surface area contributed by atoms with Gasteiger partial charge < -0.3 is 19.7 Å². The molecule has 1 aromatic rings. The molecule has 0 bridgehead atoms. The lowest BCUT2D eigenvalue weighted by Gasteiger charge is -2.28. The minimum atomic E-state index is -0.624. The van der Waals surface area contributed by atoms with Crippen LogP contribution in [0.2, 0.25) is 0 Å². The molecule has 0 radical (unpaired) electrons. The predicted octanol–water partition coefficient (Wildman–Crippen LogP) is 3.55. The normalized spacial score (nSPS) is 11.1. The Morgan fingerprint density at radius 1 is 1.04 bits per heavy atom. The number of nitro groups is 2. The van der Waals surface area contributed by atoms with Crippen molar-refractivity contribution in [1.29, 1.82) is 0 Å². The summed E-state index contributed by atoms with van der Waals surface area (Å²) in [4.78, 5) is 23.4. The molecule has 0 aliphatic carbocycles. The van der Waals surface area contributed by atoms with Gasteiger partial charge >= 0.3 is 0 Å². The van der Waals surface area contributed by atoms with Gasteiger partial charge in [0.2, 0.25) is 0 Å². The molecule has 152 valence electrons. The molecule has 0 saturated heterocycles. The lowest BCUT2D eigenvalue weighted by Crippen LogP contribution is -2.36. The molecule has 10 nitrogen and oxygen atoms in total. The van der Waals surface area contributed by atoms with E-state index in [0.717, 1.165) is 6.07 Å². The summed E-state index contributed by atoms with van der Waals surface area (Å²) in [5.74, 6) is 0. The number of nitrogens with zero attached hydrogens (tertiary/aromatic N) is 3. The van der Waals surface area contributed by atoms with Crippen molar-refractivity contribution in [2.75, 3.05) is 36.5 Å². The largest absolute Gasteiger partial charge is 0.377 e. The lowest BCUT2D eigenvalue weighted by atomic mass is 10.1. The average Bonchev–Trinajstić information content (AvgIpc) is 2.58. The zero-order valence-electron chi connectivity index (χ0n) is 16.4. The van der Waals surface area contributed by atoms with Gasteiger partial charge in [-0.25, -0.2) is 0 Å². The second-order valence-corrected chi connectivity index (χ2v) is 6.05. The highest BCUT2D eigenvalue weighted by molar-refractivity contribution is 5.77. The molecule has 0 atom stereocenters. The van der Waals surface area contributed by atoms with Crippen molar-refractivity contribution in [1.82, 2.24) is 0 Å². The summed E-state index contributed by atoms with van der Waals surface area (Å²) < 4.78 is 11.1. The van der Waals surface area contributed by atoms with Crippen LogP contribution < -0.4 is 10.2 Å². The molecule has 0 unspecified atom stereocenters. The van der Waals surface area contributed by atoms with Gasteiger partial charge in [0.05, 0.1) is 22.5 Å². The third kappa shape index (κ3) is 6.33. The standard InChI is InChI=1S/C17H28N4O6/c1-6-19(11-17(26-7-2)27-8-3)15-9-13(18-12(4)5)14(20(22)23)10-16(15)21(24)25/h9-10,12,17-18H,6-8,11H2,1-5H3. The maximum atomic E-state index is 11.6. The van der Waals surface area contributed by atoms with Gasteiger partial charge in [0.25, 0.3) is 11.4 Å². The molecule has 0 saturated carbocycles. The van der Waals surface area contributed by atoms with E-state index in [1.165, 1.54) is 6.07 Å². The Kier molecular flexibility index (Phi) is 8.89. The van der Waals surface area contributed by atoms with E-state index in [0.29, 0.717) is 19.8 Å². The monoisotopic (exact) mass is 384 g/mol. The van der Waals surface area contributed by atoms with Crippen molar-refractivity contribution >= 4 is 22.7 Å². The van der Waals surface area contributed by atoms with Crippen LogP contribution in [0.25, 0.3) is 0 Å². The number of benzene rings is 1. The van der Waals surface area contributed by atoms with Crippen LogP contribution in [-0.2, 0) is 9.47 Å². The molecule has 0 amide bonds.